The molecule has 0 aromatic carbocycles. The van der Waals surface area contributed by atoms with Gasteiger partial charge in [-0.05, 0) is 32.1 Å². The number of carbonyl (C=O) groups is 1. The summed E-state index contributed by atoms with van der Waals surface area (Å²) in [7, 11) is 0. The van der Waals surface area contributed by atoms with Crippen molar-refractivity contribution in [2.45, 2.75) is 50.6 Å². The van der Waals surface area contributed by atoms with Crippen molar-refractivity contribution in [3.63, 3.8) is 0 Å². The number of carboxylic acid groups (broad SMARTS) is 1. The van der Waals surface area contributed by atoms with Crippen molar-refractivity contribution >= 4 is 5.97 Å². The van der Waals surface area contributed by atoms with Crippen LogP contribution in [0.25, 0.3) is 0 Å². The first kappa shape index (κ1) is 9.00. The molecule has 3 nitrogen and oxygen atoms in total. The van der Waals surface area contributed by atoms with Crippen molar-refractivity contribution in [1.82, 2.24) is 5.32 Å². The molecule has 0 bridgehead atoms. The predicted molar refractivity (Wildman–Crippen MR) is 49.5 cm³/mol. The zero-order chi connectivity index (χ0) is 9.47. The number of hydrogen-bond acceptors (Lipinski definition) is 2. The second kappa shape index (κ2) is 2.98. The predicted octanol–water partition coefficient (Wildman–Crippen LogP) is 1.38. The van der Waals surface area contributed by atoms with Gasteiger partial charge in [-0.25, -0.2) is 0 Å². The molecule has 2 rings (SSSR count). The average molecular weight is 183 g/mol. The molecule has 0 aromatic rings. The molecule has 2 fully saturated rings. The molecule has 13 heavy (non-hydrogen) atoms. The summed E-state index contributed by atoms with van der Waals surface area (Å²) in [5, 5.41) is 12.5. The van der Waals surface area contributed by atoms with Crippen LogP contribution in [0.1, 0.15) is 39.0 Å². The van der Waals surface area contributed by atoms with Crippen LogP contribution in [0.2, 0.25) is 0 Å². The molecule has 2 N–H and O–H groups in total. The minimum atomic E-state index is -0.637. The van der Waals surface area contributed by atoms with Crippen LogP contribution in [0, 0.1) is 5.92 Å². The highest BCUT2D eigenvalue weighted by atomic mass is 16.4. The minimum Gasteiger partial charge on any atom is -0.480 e. The summed E-state index contributed by atoms with van der Waals surface area (Å²) in [6, 6.07) is 0.374. The second-order valence-corrected chi connectivity index (χ2v) is 4.50. The Morgan fingerprint density at radius 2 is 2.31 bits per heavy atom. The number of fused-ring (bicyclic) bond motifs is 1. The maximum Gasteiger partial charge on any atom is 0.324 e. The molecule has 3 heteroatoms. The lowest BCUT2D eigenvalue weighted by Crippen LogP contribution is -2.54. The lowest BCUT2D eigenvalue weighted by molar-refractivity contribution is -0.147. The minimum absolute atomic E-state index is 0.369. The van der Waals surface area contributed by atoms with Crippen LogP contribution in [0.15, 0.2) is 0 Å². The molecule has 0 unspecified atom stereocenters. The number of rotatable bonds is 1. The molecule has 1 aliphatic carbocycles. The van der Waals surface area contributed by atoms with Crippen molar-refractivity contribution in [3.05, 3.63) is 0 Å². The van der Waals surface area contributed by atoms with Gasteiger partial charge in [-0.2, -0.15) is 0 Å². The number of carboxylic acids is 1. The fourth-order valence-corrected chi connectivity index (χ4v) is 3.02. The Kier molecular flexibility index (Phi) is 2.06. The van der Waals surface area contributed by atoms with E-state index in [0.717, 1.165) is 25.7 Å². The molecule has 1 aliphatic heterocycles. The maximum absolute atomic E-state index is 11.2. The van der Waals surface area contributed by atoms with E-state index in [0.29, 0.717) is 12.0 Å². The first-order chi connectivity index (χ1) is 6.15. The van der Waals surface area contributed by atoms with E-state index in [1.54, 1.807) is 0 Å². The van der Waals surface area contributed by atoms with E-state index < -0.39 is 11.5 Å². The summed E-state index contributed by atoms with van der Waals surface area (Å²) in [5.74, 6) is -0.268. The smallest absolute Gasteiger partial charge is 0.324 e. The largest absolute Gasteiger partial charge is 0.480 e. The van der Waals surface area contributed by atoms with Crippen LogP contribution in [0.5, 0.6) is 0 Å². The van der Waals surface area contributed by atoms with Gasteiger partial charge in [0.2, 0.25) is 0 Å². The Hall–Kier alpha value is -0.570. The zero-order valence-corrected chi connectivity index (χ0v) is 8.05. The van der Waals surface area contributed by atoms with Crippen molar-refractivity contribution in [1.29, 1.82) is 0 Å². The summed E-state index contributed by atoms with van der Waals surface area (Å²) in [5.41, 5.74) is -0.572. The van der Waals surface area contributed by atoms with E-state index in [1.807, 2.05) is 0 Å². The van der Waals surface area contributed by atoms with Gasteiger partial charge in [-0.15, -0.1) is 0 Å². The average Bonchev–Trinajstić information content (AvgIpc) is 2.41. The number of nitrogens with one attached hydrogen (secondary N) is 1. The van der Waals surface area contributed by atoms with Gasteiger partial charge in [0.05, 0.1) is 0 Å². The Bertz CT molecular complexity index is 229. The quantitative estimate of drug-likeness (QED) is 0.645. The fraction of sp³-hybridized carbons (Fsp3) is 0.900. The molecule has 0 amide bonds. The van der Waals surface area contributed by atoms with E-state index in [2.05, 4.69) is 12.2 Å². The first-order valence-electron chi connectivity index (χ1n) is 5.16. The highest BCUT2D eigenvalue weighted by Crippen LogP contribution is 2.41. The molecule has 3 atom stereocenters. The Morgan fingerprint density at radius 1 is 1.54 bits per heavy atom. The van der Waals surface area contributed by atoms with Gasteiger partial charge in [-0.3, -0.25) is 10.1 Å². The Labute approximate surface area is 78.5 Å². The SMILES string of the molecule is C[C@H]1C[C@H]2CCCC[C@@]2(C(=O)O)N1. The highest BCUT2D eigenvalue weighted by molar-refractivity contribution is 5.80. The third kappa shape index (κ3) is 1.26. The summed E-state index contributed by atoms with van der Waals surface area (Å²) in [6.07, 6.45) is 5.20. The van der Waals surface area contributed by atoms with Gasteiger partial charge in [0, 0.05) is 6.04 Å². The van der Waals surface area contributed by atoms with E-state index >= 15 is 0 Å². The molecule has 1 saturated heterocycles. The van der Waals surface area contributed by atoms with Gasteiger partial charge in [0.1, 0.15) is 5.54 Å². The lowest BCUT2D eigenvalue weighted by atomic mass is 9.74. The van der Waals surface area contributed by atoms with Crippen LogP contribution in [-0.4, -0.2) is 22.7 Å². The van der Waals surface area contributed by atoms with Crippen LogP contribution < -0.4 is 5.32 Å². The number of hydrogen-bond donors (Lipinski definition) is 2. The van der Waals surface area contributed by atoms with E-state index in [4.69, 9.17) is 0 Å². The van der Waals surface area contributed by atoms with Crippen LogP contribution in [0.4, 0.5) is 0 Å². The van der Waals surface area contributed by atoms with E-state index in [-0.39, 0.29) is 0 Å². The number of aliphatic carboxylic acids is 1. The van der Waals surface area contributed by atoms with Crippen molar-refractivity contribution in [2.75, 3.05) is 0 Å². The Morgan fingerprint density at radius 3 is 2.92 bits per heavy atom. The molecule has 74 valence electrons. The van der Waals surface area contributed by atoms with Gasteiger partial charge in [0.25, 0.3) is 0 Å². The van der Waals surface area contributed by atoms with Crippen LogP contribution in [0.3, 0.4) is 0 Å². The van der Waals surface area contributed by atoms with Gasteiger partial charge in [-0.1, -0.05) is 12.8 Å². The van der Waals surface area contributed by atoms with Gasteiger partial charge >= 0.3 is 5.97 Å². The molecule has 2 aliphatic rings. The fourth-order valence-electron chi connectivity index (χ4n) is 3.02. The van der Waals surface area contributed by atoms with Gasteiger partial charge in [0.15, 0.2) is 0 Å². The molecular formula is C10H17NO2. The third-order valence-corrected chi connectivity index (χ3v) is 3.59. The topological polar surface area (TPSA) is 49.3 Å². The monoisotopic (exact) mass is 183 g/mol. The molecular weight excluding hydrogens is 166 g/mol. The van der Waals surface area contributed by atoms with Crippen molar-refractivity contribution < 1.29 is 9.90 Å². The molecule has 0 aromatic heterocycles. The standard InChI is InChI=1S/C10H17NO2/c1-7-6-8-4-2-3-5-10(8,11-7)9(12)13/h7-8,11H,2-6H2,1H3,(H,12,13)/t7-,8+,10+/m0/s1. The third-order valence-electron chi connectivity index (χ3n) is 3.59. The summed E-state index contributed by atoms with van der Waals surface area (Å²) < 4.78 is 0. The molecule has 1 saturated carbocycles. The summed E-state index contributed by atoms with van der Waals surface area (Å²) in [6.45, 7) is 2.09. The van der Waals surface area contributed by atoms with Crippen molar-refractivity contribution in [2.24, 2.45) is 5.92 Å². The molecule has 1 heterocycles. The second-order valence-electron chi connectivity index (χ2n) is 4.50. The normalized spacial score (nSPS) is 44.4. The summed E-state index contributed by atoms with van der Waals surface area (Å²) in [4.78, 5) is 11.2. The van der Waals surface area contributed by atoms with E-state index in [1.165, 1.54) is 6.42 Å². The van der Waals surface area contributed by atoms with Crippen LogP contribution in [-0.2, 0) is 4.79 Å². The van der Waals surface area contributed by atoms with Crippen LogP contribution >= 0.6 is 0 Å². The van der Waals surface area contributed by atoms with E-state index in [9.17, 15) is 9.90 Å². The van der Waals surface area contributed by atoms with Crippen molar-refractivity contribution in [3.8, 4) is 0 Å². The summed E-state index contributed by atoms with van der Waals surface area (Å²) >= 11 is 0. The van der Waals surface area contributed by atoms with Gasteiger partial charge < -0.3 is 5.11 Å². The Balaban J connectivity index is 2.24. The maximum atomic E-state index is 11.2. The molecule has 0 radical (unpaired) electrons. The lowest BCUT2D eigenvalue weighted by Gasteiger charge is -2.35. The molecule has 0 spiro atoms. The zero-order valence-electron chi connectivity index (χ0n) is 8.05. The first-order valence-corrected chi connectivity index (χ1v) is 5.16. The highest BCUT2D eigenvalue weighted by Gasteiger charge is 2.52.